The molecule has 29 heavy (non-hydrogen) atoms. The molecule has 0 N–H and O–H groups in total. The van der Waals surface area contributed by atoms with E-state index in [9.17, 15) is 9.59 Å². The monoisotopic (exact) mass is 383 g/mol. The Kier molecular flexibility index (Phi) is 3.08. The highest BCUT2D eigenvalue weighted by Gasteiger charge is 2.62. The molecule has 2 bridgehead atoms. The number of nitrogens with zero attached hydrogens (tertiary/aromatic N) is 3. The van der Waals surface area contributed by atoms with Crippen molar-refractivity contribution in [2.24, 2.45) is 11.3 Å². The van der Waals surface area contributed by atoms with E-state index in [-0.39, 0.29) is 34.8 Å². The van der Waals surface area contributed by atoms with Crippen molar-refractivity contribution in [3.05, 3.63) is 105 Å². The number of rotatable bonds is 2. The van der Waals surface area contributed by atoms with Gasteiger partial charge in [0.05, 0.1) is 17.8 Å². The topological polar surface area (TPSA) is 48.9 Å². The fourth-order valence-electron chi connectivity index (χ4n) is 5.81. The molecule has 0 unspecified atom stereocenters. The summed E-state index contributed by atoms with van der Waals surface area (Å²) < 4.78 is 4.67. The first-order valence-electron chi connectivity index (χ1n) is 10.0. The van der Waals surface area contributed by atoms with Crippen LogP contribution < -0.4 is 11.4 Å². The molecule has 0 saturated carbocycles. The van der Waals surface area contributed by atoms with Crippen LogP contribution in [0.15, 0.2) is 88.0 Å². The van der Waals surface area contributed by atoms with Gasteiger partial charge in [-0.1, -0.05) is 73.2 Å². The molecule has 0 amide bonds. The van der Waals surface area contributed by atoms with Gasteiger partial charge in [0.1, 0.15) is 0 Å². The molecule has 1 aromatic heterocycles. The number of aromatic nitrogens is 3. The van der Waals surface area contributed by atoms with E-state index >= 15 is 0 Å². The smallest absolute Gasteiger partial charge is 0.245 e. The summed E-state index contributed by atoms with van der Waals surface area (Å²) >= 11 is 0. The van der Waals surface area contributed by atoms with E-state index in [1.807, 2.05) is 24.3 Å². The quantitative estimate of drug-likeness (QED) is 0.635. The SMILES string of the molecule is CC1=C(c2ccccc2)[C@@H]2[C@@H]3C=C[C@H](n4c(=O)n(-c5ccccc5)c(=O)n43)[C@@]12C. The van der Waals surface area contributed by atoms with E-state index in [1.165, 1.54) is 21.3 Å². The van der Waals surface area contributed by atoms with Crippen LogP contribution in [-0.2, 0) is 0 Å². The Balaban J connectivity index is 1.59. The number of hydrogen-bond acceptors (Lipinski definition) is 2. The molecule has 5 nitrogen and oxygen atoms in total. The van der Waals surface area contributed by atoms with Gasteiger partial charge < -0.3 is 0 Å². The lowest BCUT2D eigenvalue weighted by molar-refractivity contribution is 0.0516. The van der Waals surface area contributed by atoms with Crippen LogP contribution in [0.5, 0.6) is 0 Å². The van der Waals surface area contributed by atoms with E-state index in [0.717, 1.165) is 0 Å². The average Bonchev–Trinajstić information content (AvgIpc) is 3.03. The third kappa shape index (κ3) is 1.81. The van der Waals surface area contributed by atoms with Gasteiger partial charge in [-0.15, -0.1) is 0 Å². The molecule has 2 aliphatic carbocycles. The summed E-state index contributed by atoms with van der Waals surface area (Å²) in [5, 5.41) is 0. The number of benzene rings is 2. The molecular weight excluding hydrogens is 362 g/mol. The minimum absolute atomic E-state index is 0.157. The van der Waals surface area contributed by atoms with E-state index in [2.05, 4.69) is 50.3 Å². The Morgan fingerprint density at radius 2 is 1.45 bits per heavy atom. The molecule has 4 atom stereocenters. The van der Waals surface area contributed by atoms with Crippen LogP contribution in [0.4, 0.5) is 0 Å². The first-order chi connectivity index (χ1) is 14.0. The third-order valence-electron chi connectivity index (χ3n) is 7.27. The van der Waals surface area contributed by atoms with Crippen LogP contribution in [0.3, 0.4) is 0 Å². The summed E-state index contributed by atoms with van der Waals surface area (Å²) in [5.41, 5.74) is 3.75. The van der Waals surface area contributed by atoms with Crippen molar-refractivity contribution in [3.8, 4) is 5.69 Å². The van der Waals surface area contributed by atoms with Gasteiger partial charge in [0.25, 0.3) is 0 Å². The molecule has 0 saturated heterocycles. The Bertz CT molecular complexity index is 1320. The first kappa shape index (κ1) is 16.6. The molecule has 3 heterocycles. The van der Waals surface area contributed by atoms with Crippen molar-refractivity contribution in [2.45, 2.75) is 25.9 Å². The molecule has 0 radical (unpaired) electrons. The van der Waals surface area contributed by atoms with Crippen LogP contribution in [0.25, 0.3) is 11.3 Å². The predicted octanol–water partition coefficient (Wildman–Crippen LogP) is 3.58. The van der Waals surface area contributed by atoms with Gasteiger partial charge in [-0.05, 0) is 30.2 Å². The second-order valence-corrected chi connectivity index (χ2v) is 8.41. The van der Waals surface area contributed by atoms with Crippen molar-refractivity contribution in [2.75, 3.05) is 0 Å². The lowest BCUT2D eigenvalue weighted by atomic mass is 9.48. The van der Waals surface area contributed by atoms with Gasteiger partial charge >= 0.3 is 11.4 Å². The lowest BCUT2D eigenvalue weighted by Crippen LogP contribution is -2.59. The molecule has 5 heteroatoms. The minimum Gasteiger partial charge on any atom is -0.245 e. The maximum Gasteiger partial charge on any atom is 0.352 e. The van der Waals surface area contributed by atoms with Gasteiger partial charge in [-0.2, -0.15) is 0 Å². The maximum absolute atomic E-state index is 13.4. The molecule has 2 aliphatic heterocycles. The standard InChI is InChI=1S/C24H21N3O2/c1-15-20(16-9-5-3-6-10-16)21-18-13-14-19(24(15,21)2)27-23(29)25(22(28)26(18)27)17-11-7-4-8-12-17/h3-14,18-19,21H,1-2H3/t18-,19-,21-,24+/m0/s1. The van der Waals surface area contributed by atoms with Gasteiger partial charge in [0, 0.05) is 11.3 Å². The van der Waals surface area contributed by atoms with Gasteiger partial charge in [0.15, 0.2) is 0 Å². The second-order valence-electron chi connectivity index (χ2n) is 8.41. The molecule has 144 valence electrons. The van der Waals surface area contributed by atoms with E-state index in [1.54, 1.807) is 21.5 Å². The Morgan fingerprint density at radius 1 is 0.828 bits per heavy atom. The molecule has 3 aromatic rings. The zero-order chi connectivity index (χ0) is 19.9. The van der Waals surface area contributed by atoms with Crippen molar-refractivity contribution >= 4 is 5.57 Å². The normalized spacial score (nSPS) is 28.8. The van der Waals surface area contributed by atoms with E-state index in [4.69, 9.17) is 0 Å². The number of hydrogen-bond donors (Lipinski definition) is 0. The Hall–Kier alpha value is -3.34. The average molecular weight is 383 g/mol. The summed E-state index contributed by atoms with van der Waals surface area (Å²) in [5.74, 6) is 0.184. The molecule has 4 aliphatic rings. The second kappa shape index (κ2) is 5.38. The largest absolute Gasteiger partial charge is 0.352 e. The Morgan fingerprint density at radius 3 is 2.14 bits per heavy atom. The van der Waals surface area contributed by atoms with Crippen molar-refractivity contribution in [3.63, 3.8) is 0 Å². The lowest BCUT2D eigenvalue weighted by Gasteiger charge is -2.61. The van der Waals surface area contributed by atoms with Crippen molar-refractivity contribution in [1.82, 2.24) is 13.9 Å². The van der Waals surface area contributed by atoms with Crippen molar-refractivity contribution in [1.29, 1.82) is 0 Å². The van der Waals surface area contributed by atoms with Crippen LogP contribution in [0.1, 0.15) is 31.5 Å². The predicted molar refractivity (Wildman–Crippen MR) is 112 cm³/mol. The van der Waals surface area contributed by atoms with Gasteiger partial charge in [-0.3, -0.25) is 0 Å². The van der Waals surface area contributed by atoms with E-state index in [0.29, 0.717) is 5.69 Å². The number of allylic oxidation sites excluding steroid dienone is 4. The summed E-state index contributed by atoms with van der Waals surface area (Å²) in [6.07, 6.45) is 4.23. The molecule has 0 spiro atoms. The highest BCUT2D eigenvalue weighted by molar-refractivity contribution is 5.80. The zero-order valence-corrected chi connectivity index (χ0v) is 16.3. The summed E-state index contributed by atoms with van der Waals surface area (Å²) in [4.78, 5) is 26.7. The zero-order valence-electron chi connectivity index (χ0n) is 16.3. The molecule has 2 aromatic carbocycles. The van der Waals surface area contributed by atoms with Crippen LogP contribution in [0, 0.1) is 11.3 Å². The van der Waals surface area contributed by atoms with Gasteiger partial charge in [-0.25, -0.2) is 23.5 Å². The fraction of sp³-hybridized carbons (Fsp3) is 0.250. The summed E-state index contributed by atoms with van der Waals surface area (Å²) in [7, 11) is 0. The summed E-state index contributed by atoms with van der Waals surface area (Å²) in [6.45, 7) is 4.41. The first-order valence-corrected chi connectivity index (χ1v) is 10.0. The third-order valence-corrected chi connectivity index (χ3v) is 7.27. The molecular formula is C24H21N3O2. The van der Waals surface area contributed by atoms with Crippen LogP contribution in [0.2, 0.25) is 0 Å². The van der Waals surface area contributed by atoms with Crippen LogP contribution >= 0.6 is 0 Å². The highest BCUT2D eigenvalue weighted by Crippen LogP contribution is 2.68. The minimum atomic E-state index is -0.264. The Labute approximate surface area is 167 Å². The molecule has 7 rings (SSSR count). The summed E-state index contributed by atoms with van der Waals surface area (Å²) in [6, 6.07) is 19.3. The van der Waals surface area contributed by atoms with E-state index < -0.39 is 0 Å². The molecule has 0 fully saturated rings. The van der Waals surface area contributed by atoms with Crippen molar-refractivity contribution < 1.29 is 0 Å². The van der Waals surface area contributed by atoms with Gasteiger partial charge in [0.2, 0.25) is 0 Å². The number of para-hydroxylation sites is 1. The van der Waals surface area contributed by atoms with Crippen LogP contribution in [-0.4, -0.2) is 13.9 Å². The fourth-order valence-corrected chi connectivity index (χ4v) is 5.81. The maximum atomic E-state index is 13.4. The highest BCUT2D eigenvalue weighted by atomic mass is 16.2.